The maximum absolute atomic E-state index is 13.6. The Morgan fingerprint density at radius 3 is 2.53 bits per heavy atom. The molecule has 4 rings (SSSR count). The normalized spacial score (nSPS) is 11.5. The molecule has 0 atom stereocenters. The van der Waals surface area contributed by atoms with Crippen LogP contribution in [0, 0.1) is 5.82 Å². The molecule has 0 aliphatic heterocycles. The topological polar surface area (TPSA) is 88.1 Å². The number of hydrogen-bond acceptors (Lipinski definition) is 7. The number of alkyl halides is 3. The smallest absolute Gasteiger partial charge is 0.494 e. The van der Waals surface area contributed by atoms with Gasteiger partial charge in [0.2, 0.25) is 11.8 Å². The molecule has 0 amide bonds. The molecular formula is C18H11F4N5O3. The van der Waals surface area contributed by atoms with E-state index >= 15 is 0 Å². The van der Waals surface area contributed by atoms with Gasteiger partial charge in [-0.3, -0.25) is 0 Å². The summed E-state index contributed by atoms with van der Waals surface area (Å²) in [5.41, 5.74) is 0.806. The van der Waals surface area contributed by atoms with Gasteiger partial charge in [-0.1, -0.05) is 0 Å². The molecule has 12 heteroatoms. The van der Waals surface area contributed by atoms with Gasteiger partial charge in [0.05, 0.1) is 18.4 Å². The van der Waals surface area contributed by atoms with Crippen molar-refractivity contribution in [2.24, 2.45) is 0 Å². The van der Waals surface area contributed by atoms with E-state index in [-0.39, 0.29) is 23.1 Å². The Hall–Kier alpha value is -3.96. The Balaban J connectivity index is 1.78. The van der Waals surface area contributed by atoms with Crippen molar-refractivity contribution in [1.82, 2.24) is 25.0 Å². The van der Waals surface area contributed by atoms with Crippen LogP contribution in [-0.2, 0) is 0 Å². The highest BCUT2D eigenvalue weighted by Gasteiger charge is 2.31. The summed E-state index contributed by atoms with van der Waals surface area (Å²) in [6.07, 6.45) is -2.27. The van der Waals surface area contributed by atoms with Crippen LogP contribution in [0.5, 0.6) is 11.5 Å². The summed E-state index contributed by atoms with van der Waals surface area (Å²) in [6, 6.07) is 7.47. The molecular weight excluding hydrogens is 410 g/mol. The lowest BCUT2D eigenvalue weighted by Gasteiger charge is -2.11. The van der Waals surface area contributed by atoms with E-state index in [0.29, 0.717) is 11.3 Å². The quantitative estimate of drug-likeness (QED) is 0.450. The molecule has 0 N–H and O–H groups in total. The van der Waals surface area contributed by atoms with Crippen LogP contribution < -0.4 is 9.47 Å². The monoisotopic (exact) mass is 421 g/mol. The van der Waals surface area contributed by atoms with Gasteiger partial charge in [-0.25, -0.2) is 14.1 Å². The van der Waals surface area contributed by atoms with Crippen LogP contribution >= 0.6 is 0 Å². The highest BCUT2D eigenvalue weighted by atomic mass is 19.4. The molecule has 4 aromatic rings. The number of nitrogens with zero attached hydrogens (tertiary/aromatic N) is 5. The predicted molar refractivity (Wildman–Crippen MR) is 93.3 cm³/mol. The summed E-state index contributed by atoms with van der Waals surface area (Å²) < 4.78 is 67.4. The van der Waals surface area contributed by atoms with E-state index in [1.807, 2.05) is 0 Å². The third-order valence-electron chi connectivity index (χ3n) is 3.92. The summed E-state index contributed by atoms with van der Waals surface area (Å²) in [5.74, 6) is -1.19. The van der Waals surface area contributed by atoms with Crippen LogP contribution in [0.4, 0.5) is 17.6 Å². The van der Waals surface area contributed by atoms with Crippen LogP contribution in [-0.4, -0.2) is 38.4 Å². The Morgan fingerprint density at radius 2 is 1.83 bits per heavy atom. The Bertz CT molecular complexity index is 1180. The molecule has 0 fully saturated rings. The van der Waals surface area contributed by atoms with Crippen LogP contribution in [0.3, 0.4) is 0 Å². The van der Waals surface area contributed by atoms with Crippen LogP contribution in [0.25, 0.3) is 28.6 Å². The SMILES string of the molecule is COc1cc(-c2nnc(-c3cc(OC(F)(F)F)ccc3-n3cncn3)o2)ccc1F. The third-order valence-corrected chi connectivity index (χ3v) is 3.92. The fourth-order valence-corrected chi connectivity index (χ4v) is 2.66. The van der Waals surface area contributed by atoms with E-state index in [1.54, 1.807) is 0 Å². The van der Waals surface area contributed by atoms with Gasteiger partial charge in [0.1, 0.15) is 18.4 Å². The zero-order valence-corrected chi connectivity index (χ0v) is 15.1. The van der Waals surface area contributed by atoms with E-state index in [9.17, 15) is 17.6 Å². The predicted octanol–water partition coefficient (Wildman–Crippen LogP) is 4.03. The van der Waals surface area contributed by atoms with Crippen molar-refractivity contribution >= 4 is 0 Å². The Kier molecular flexibility index (Phi) is 4.82. The molecule has 2 aromatic carbocycles. The first-order valence-electron chi connectivity index (χ1n) is 8.26. The van der Waals surface area contributed by atoms with Gasteiger partial charge < -0.3 is 13.9 Å². The molecule has 0 spiro atoms. The summed E-state index contributed by atoms with van der Waals surface area (Å²) in [5, 5.41) is 11.8. The van der Waals surface area contributed by atoms with Crippen LogP contribution in [0.1, 0.15) is 0 Å². The van der Waals surface area contributed by atoms with Gasteiger partial charge >= 0.3 is 6.36 Å². The largest absolute Gasteiger partial charge is 0.573 e. The molecule has 8 nitrogen and oxygen atoms in total. The van der Waals surface area contributed by atoms with E-state index in [4.69, 9.17) is 9.15 Å². The summed E-state index contributed by atoms with van der Waals surface area (Å²) in [6.45, 7) is 0. The number of halogens is 4. The zero-order chi connectivity index (χ0) is 21.3. The average molecular weight is 421 g/mol. The molecule has 2 aromatic heterocycles. The van der Waals surface area contributed by atoms with Gasteiger partial charge in [-0.2, -0.15) is 5.10 Å². The molecule has 0 saturated heterocycles. The van der Waals surface area contributed by atoms with Gasteiger partial charge in [0.15, 0.2) is 11.6 Å². The van der Waals surface area contributed by atoms with Crippen molar-refractivity contribution in [2.45, 2.75) is 6.36 Å². The van der Waals surface area contributed by atoms with Gasteiger partial charge in [0, 0.05) is 5.56 Å². The lowest BCUT2D eigenvalue weighted by molar-refractivity contribution is -0.274. The second-order valence-electron chi connectivity index (χ2n) is 5.83. The zero-order valence-electron chi connectivity index (χ0n) is 15.1. The molecule has 0 bridgehead atoms. The van der Waals surface area contributed by atoms with Crippen molar-refractivity contribution in [3.8, 4) is 40.1 Å². The second-order valence-corrected chi connectivity index (χ2v) is 5.83. The van der Waals surface area contributed by atoms with Crippen molar-refractivity contribution in [3.05, 3.63) is 54.9 Å². The number of hydrogen-bond donors (Lipinski definition) is 0. The van der Waals surface area contributed by atoms with Crippen LogP contribution in [0.2, 0.25) is 0 Å². The summed E-state index contributed by atoms with van der Waals surface area (Å²) in [7, 11) is 1.30. The second kappa shape index (κ2) is 7.46. The lowest BCUT2D eigenvalue weighted by Crippen LogP contribution is -2.17. The number of aromatic nitrogens is 5. The molecule has 30 heavy (non-hydrogen) atoms. The minimum Gasteiger partial charge on any atom is -0.494 e. The standard InChI is InChI=1S/C18H11F4N5O3/c1-28-15-6-10(2-4-13(15)19)16-25-26-17(29-16)12-7-11(30-18(20,21)22)3-5-14(12)27-9-23-8-24-27/h2-9H,1H3. The molecule has 154 valence electrons. The number of rotatable bonds is 5. The minimum atomic E-state index is -4.88. The molecule has 0 aliphatic carbocycles. The third kappa shape index (κ3) is 3.92. The molecule has 0 saturated carbocycles. The first-order valence-corrected chi connectivity index (χ1v) is 8.26. The van der Waals surface area contributed by atoms with Gasteiger partial charge in [0.25, 0.3) is 0 Å². The maximum atomic E-state index is 13.6. The highest BCUT2D eigenvalue weighted by molar-refractivity contribution is 5.69. The van der Waals surface area contributed by atoms with Crippen molar-refractivity contribution in [2.75, 3.05) is 7.11 Å². The van der Waals surface area contributed by atoms with E-state index in [1.165, 1.54) is 42.6 Å². The molecule has 2 heterocycles. The number of methoxy groups -OCH3 is 1. The summed E-state index contributed by atoms with van der Waals surface area (Å²) in [4.78, 5) is 3.82. The maximum Gasteiger partial charge on any atom is 0.573 e. The van der Waals surface area contributed by atoms with Crippen molar-refractivity contribution < 1.29 is 31.5 Å². The minimum absolute atomic E-state index is 0.00924. The number of benzene rings is 2. The first-order chi connectivity index (χ1) is 14.3. The highest BCUT2D eigenvalue weighted by Crippen LogP contribution is 2.34. The van der Waals surface area contributed by atoms with E-state index in [0.717, 1.165) is 18.2 Å². The summed E-state index contributed by atoms with van der Waals surface area (Å²) >= 11 is 0. The molecule has 0 radical (unpaired) electrons. The first kappa shape index (κ1) is 19.4. The fourth-order valence-electron chi connectivity index (χ4n) is 2.66. The van der Waals surface area contributed by atoms with Crippen molar-refractivity contribution in [1.29, 1.82) is 0 Å². The Labute approximate surface area is 165 Å². The van der Waals surface area contributed by atoms with E-state index < -0.39 is 17.9 Å². The Morgan fingerprint density at radius 1 is 1.03 bits per heavy atom. The number of ether oxygens (including phenoxy) is 2. The molecule has 0 aliphatic rings. The van der Waals surface area contributed by atoms with Gasteiger partial charge in [-0.15, -0.1) is 23.4 Å². The van der Waals surface area contributed by atoms with Crippen molar-refractivity contribution in [3.63, 3.8) is 0 Å². The van der Waals surface area contributed by atoms with E-state index in [2.05, 4.69) is 25.0 Å². The molecule has 0 unspecified atom stereocenters. The van der Waals surface area contributed by atoms with Gasteiger partial charge in [-0.05, 0) is 36.4 Å². The fraction of sp³-hybridized carbons (Fsp3) is 0.111. The van der Waals surface area contributed by atoms with Crippen LogP contribution in [0.15, 0.2) is 53.5 Å². The lowest BCUT2D eigenvalue weighted by atomic mass is 10.1. The average Bonchev–Trinajstić information content (AvgIpc) is 3.39.